The van der Waals surface area contributed by atoms with Crippen molar-refractivity contribution in [2.24, 2.45) is 0 Å². The van der Waals surface area contributed by atoms with Gasteiger partial charge in [0.1, 0.15) is 10.8 Å². The van der Waals surface area contributed by atoms with Crippen molar-refractivity contribution in [3.05, 3.63) is 57.8 Å². The molecule has 2 amide bonds. The minimum absolute atomic E-state index is 0.121. The van der Waals surface area contributed by atoms with Crippen LogP contribution in [0.3, 0.4) is 0 Å². The first kappa shape index (κ1) is 16.9. The zero-order chi connectivity index (χ0) is 17.1. The average Bonchev–Trinajstić information content (AvgIpc) is 3.13. The Bertz CT molecular complexity index is 726. The van der Waals surface area contributed by atoms with Gasteiger partial charge < -0.3 is 15.2 Å². The summed E-state index contributed by atoms with van der Waals surface area (Å²) in [5.74, 6) is -0.194. The van der Waals surface area contributed by atoms with Gasteiger partial charge in [-0.2, -0.15) is 0 Å². The summed E-state index contributed by atoms with van der Waals surface area (Å²) in [6.45, 7) is 1.16. The van der Waals surface area contributed by atoms with Gasteiger partial charge in [-0.15, -0.1) is 0 Å². The first-order valence-electron chi connectivity index (χ1n) is 7.72. The number of hydrogen-bond donors (Lipinski definition) is 2. The monoisotopic (exact) mass is 365 g/mol. The van der Waals surface area contributed by atoms with Crippen molar-refractivity contribution in [2.75, 3.05) is 13.1 Å². The van der Waals surface area contributed by atoms with Crippen LogP contribution in [0.25, 0.3) is 0 Å². The van der Waals surface area contributed by atoms with Crippen LogP contribution in [0.1, 0.15) is 34.9 Å². The van der Waals surface area contributed by atoms with E-state index in [1.807, 2.05) is 30.3 Å². The minimum Gasteiger partial charge on any atom is -0.342 e. The second-order valence-electron chi connectivity index (χ2n) is 5.72. The van der Waals surface area contributed by atoms with Crippen LogP contribution in [0.15, 0.2) is 36.4 Å². The Morgan fingerprint density at radius 3 is 2.62 bits per heavy atom. The second kappa shape index (κ2) is 7.28. The summed E-state index contributed by atoms with van der Waals surface area (Å²) in [5, 5.41) is 3.48. The molecule has 1 aliphatic rings. The van der Waals surface area contributed by atoms with E-state index in [1.165, 1.54) is 6.07 Å². The van der Waals surface area contributed by atoms with E-state index in [4.69, 9.17) is 23.2 Å². The molecule has 2 N–H and O–H groups in total. The molecule has 3 rings (SSSR count). The fourth-order valence-corrected chi connectivity index (χ4v) is 3.11. The Hall–Kier alpha value is -1.98. The number of carbonyl (C=O) groups is 2. The first-order valence-corrected chi connectivity index (χ1v) is 8.48. The predicted molar refractivity (Wildman–Crippen MR) is 93.3 cm³/mol. The summed E-state index contributed by atoms with van der Waals surface area (Å²) in [4.78, 5) is 28.9. The van der Waals surface area contributed by atoms with E-state index < -0.39 is 0 Å². The number of aromatic nitrogens is 1. The summed E-state index contributed by atoms with van der Waals surface area (Å²) in [6.07, 6.45) is 1.42. The number of benzene rings is 1. The van der Waals surface area contributed by atoms with Crippen LogP contribution >= 0.6 is 23.2 Å². The molecule has 1 aliphatic heterocycles. The summed E-state index contributed by atoms with van der Waals surface area (Å²) in [7, 11) is 0. The van der Waals surface area contributed by atoms with Gasteiger partial charge in [0.25, 0.3) is 5.91 Å². The molecule has 1 fully saturated rings. The molecule has 1 aromatic carbocycles. The Morgan fingerprint density at radius 2 is 2.04 bits per heavy atom. The number of nitrogens with one attached hydrogen (secondary N) is 2. The van der Waals surface area contributed by atoms with Crippen molar-refractivity contribution in [1.82, 2.24) is 15.2 Å². The highest BCUT2D eigenvalue weighted by molar-refractivity contribution is 6.41. The Kier molecular flexibility index (Phi) is 5.11. The SMILES string of the molecule is O=C(NC(CN1CCCC1=O)c1ccccc1)c1cc(Cl)c(Cl)[nH]1. The number of amides is 2. The molecule has 126 valence electrons. The Labute approximate surface area is 149 Å². The number of aromatic amines is 1. The number of H-pyrrole nitrogens is 1. The lowest BCUT2D eigenvalue weighted by atomic mass is 10.1. The van der Waals surface area contributed by atoms with E-state index in [-0.39, 0.29) is 23.0 Å². The van der Waals surface area contributed by atoms with Crippen LogP contribution in [0.5, 0.6) is 0 Å². The molecule has 5 nitrogen and oxygen atoms in total. The molecule has 2 heterocycles. The molecule has 2 aromatic rings. The third kappa shape index (κ3) is 3.74. The Morgan fingerprint density at radius 1 is 1.29 bits per heavy atom. The third-order valence-electron chi connectivity index (χ3n) is 4.05. The molecule has 0 bridgehead atoms. The molecular weight excluding hydrogens is 349 g/mol. The minimum atomic E-state index is -0.315. The van der Waals surface area contributed by atoms with Gasteiger partial charge in [0.2, 0.25) is 5.91 Å². The highest BCUT2D eigenvalue weighted by Gasteiger charge is 2.26. The number of nitrogens with zero attached hydrogens (tertiary/aromatic N) is 1. The van der Waals surface area contributed by atoms with E-state index in [0.717, 1.165) is 18.5 Å². The Balaban J connectivity index is 1.79. The van der Waals surface area contributed by atoms with Crippen LogP contribution in [0, 0.1) is 0 Å². The zero-order valence-corrected chi connectivity index (χ0v) is 14.4. The van der Waals surface area contributed by atoms with Gasteiger partial charge in [-0.1, -0.05) is 53.5 Å². The lowest BCUT2D eigenvalue weighted by Gasteiger charge is -2.25. The van der Waals surface area contributed by atoms with Crippen LogP contribution < -0.4 is 5.32 Å². The molecule has 0 radical (unpaired) electrons. The van der Waals surface area contributed by atoms with Crippen LogP contribution in [-0.4, -0.2) is 34.8 Å². The number of hydrogen-bond acceptors (Lipinski definition) is 2. The fourth-order valence-electron chi connectivity index (χ4n) is 2.80. The summed E-state index contributed by atoms with van der Waals surface area (Å²) in [6, 6.07) is 10.8. The van der Waals surface area contributed by atoms with Crippen LogP contribution in [-0.2, 0) is 4.79 Å². The smallest absolute Gasteiger partial charge is 0.268 e. The maximum Gasteiger partial charge on any atom is 0.268 e. The number of rotatable bonds is 5. The zero-order valence-electron chi connectivity index (χ0n) is 12.9. The molecule has 1 unspecified atom stereocenters. The molecule has 1 aromatic heterocycles. The van der Waals surface area contributed by atoms with Crippen molar-refractivity contribution in [3.63, 3.8) is 0 Å². The molecule has 24 heavy (non-hydrogen) atoms. The summed E-state index contributed by atoms with van der Waals surface area (Å²) in [5.41, 5.74) is 1.23. The van der Waals surface area contributed by atoms with Gasteiger partial charge in [0.15, 0.2) is 0 Å². The normalized spacial score (nSPS) is 15.6. The number of halogens is 2. The predicted octanol–water partition coefficient (Wildman–Crippen LogP) is 3.42. The maximum absolute atomic E-state index is 12.5. The van der Waals surface area contributed by atoms with E-state index in [1.54, 1.807) is 4.90 Å². The highest BCUT2D eigenvalue weighted by Crippen LogP contribution is 2.23. The molecule has 1 saturated heterocycles. The topological polar surface area (TPSA) is 65.2 Å². The molecule has 0 aliphatic carbocycles. The van der Waals surface area contributed by atoms with Gasteiger partial charge >= 0.3 is 0 Å². The van der Waals surface area contributed by atoms with Crippen molar-refractivity contribution in [2.45, 2.75) is 18.9 Å². The second-order valence-corrected chi connectivity index (χ2v) is 6.51. The van der Waals surface area contributed by atoms with Crippen molar-refractivity contribution in [3.8, 4) is 0 Å². The largest absolute Gasteiger partial charge is 0.342 e. The van der Waals surface area contributed by atoms with E-state index in [0.29, 0.717) is 23.7 Å². The van der Waals surface area contributed by atoms with Gasteiger partial charge in [0.05, 0.1) is 11.1 Å². The van der Waals surface area contributed by atoms with Gasteiger partial charge in [-0.3, -0.25) is 9.59 Å². The summed E-state index contributed by atoms with van der Waals surface area (Å²) < 4.78 is 0. The van der Waals surface area contributed by atoms with E-state index >= 15 is 0 Å². The van der Waals surface area contributed by atoms with Gasteiger partial charge in [0, 0.05) is 19.5 Å². The molecule has 0 spiro atoms. The van der Waals surface area contributed by atoms with Crippen LogP contribution in [0.2, 0.25) is 10.2 Å². The van der Waals surface area contributed by atoms with Gasteiger partial charge in [-0.25, -0.2) is 0 Å². The summed E-state index contributed by atoms with van der Waals surface area (Å²) >= 11 is 11.8. The van der Waals surface area contributed by atoms with Crippen molar-refractivity contribution >= 4 is 35.0 Å². The number of carbonyl (C=O) groups excluding carboxylic acids is 2. The molecular formula is C17H17Cl2N3O2. The first-order chi connectivity index (χ1) is 11.5. The quantitative estimate of drug-likeness (QED) is 0.852. The fraction of sp³-hybridized carbons (Fsp3) is 0.294. The molecule has 1 atom stereocenters. The standard InChI is InChI=1S/C17H17Cl2N3O2/c18-12-9-13(20-16(12)19)17(24)21-14(11-5-2-1-3-6-11)10-22-8-4-7-15(22)23/h1-3,5-6,9,14,20H,4,7-8,10H2,(H,21,24). The lowest BCUT2D eigenvalue weighted by molar-refractivity contribution is -0.128. The van der Waals surface area contributed by atoms with Crippen molar-refractivity contribution in [1.29, 1.82) is 0 Å². The number of likely N-dealkylation sites (tertiary alicyclic amines) is 1. The molecule has 7 heteroatoms. The van der Waals surface area contributed by atoms with E-state index in [2.05, 4.69) is 10.3 Å². The van der Waals surface area contributed by atoms with E-state index in [9.17, 15) is 9.59 Å². The third-order valence-corrected chi connectivity index (χ3v) is 4.74. The van der Waals surface area contributed by atoms with Crippen LogP contribution in [0.4, 0.5) is 0 Å². The average molecular weight is 366 g/mol. The molecule has 0 saturated carbocycles. The van der Waals surface area contributed by atoms with Gasteiger partial charge in [-0.05, 0) is 18.1 Å². The lowest BCUT2D eigenvalue weighted by Crippen LogP contribution is -2.38. The highest BCUT2D eigenvalue weighted by atomic mass is 35.5. The maximum atomic E-state index is 12.5. The van der Waals surface area contributed by atoms with Crippen molar-refractivity contribution < 1.29 is 9.59 Å².